The van der Waals surface area contributed by atoms with Gasteiger partial charge in [0.2, 0.25) is 0 Å². The number of rotatable bonds is 6. The van der Waals surface area contributed by atoms with Gasteiger partial charge < -0.3 is 19.2 Å². The molecule has 0 bridgehead atoms. The quantitative estimate of drug-likeness (QED) is 0.866. The van der Waals surface area contributed by atoms with Crippen LogP contribution in [0.1, 0.15) is 27.7 Å². The van der Waals surface area contributed by atoms with Gasteiger partial charge in [-0.1, -0.05) is 0 Å². The molecule has 3 rings (SSSR count). The number of nitrogens with zero attached hydrogens (tertiary/aromatic N) is 2. The van der Waals surface area contributed by atoms with E-state index >= 15 is 0 Å². The molecular formula is C15H19N3O4. The highest BCUT2D eigenvalue weighted by molar-refractivity contribution is 5.93. The molecule has 1 aliphatic rings. The number of ether oxygens (including phenoxy) is 2. The molecule has 0 saturated heterocycles. The first-order chi connectivity index (χ1) is 10.8. The van der Waals surface area contributed by atoms with E-state index in [1.807, 2.05) is 10.9 Å². The van der Waals surface area contributed by atoms with Crippen molar-refractivity contribution in [2.45, 2.75) is 19.1 Å². The molecule has 3 heterocycles. The standard InChI is InChI=1S/C15H19N3O4/c1-20-7-4-18-9-11-3-6-22-13(14(11)17-18)8-16-15(19)12-2-5-21-10-12/h2,5,9-10,13H,3-4,6-8H2,1H3,(H,16,19)/t13-/m1/s1. The molecule has 0 spiro atoms. The summed E-state index contributed by atoms with van der Waals surface area (Å²) in [7, 11) is 1.67. The number of carbonyl (C=O) groups excluding carboxylic acids is 1. The maximum atomic E-state index is 11.9. The molecule has 0 saturated carbocycles. The minimum Gasteiger partial charge on any atom is -0.472 e. The lowest BCUT2D eigenvalue weighted by atomic mass is 10.1. The van der Waals surface area contributed by atoms with Crippen LogP contribution in [-0.2, 0) is 22.4 Å². The lowest BCUT2D eigenvalue weighted by molar-refractivity contribution is 0.0382. The topological polar surface area (TPSA) is 78.5 Å². The maximum Gasteiger partial charge on any atom is 0.254 e. The zero-order chi connectivity index (χ0) is 15.4. The van der Waals surface area contributed by atoms with E-state index in [9.17, 15) is 4.79 Å². The Labute approximate surface area is 128 Å². The van der Waals surface area contributed by atoms with Crippen LogP contribution in [0.15, 0.2) is 29.2 Å². The highest BCUT2D eigenvalue weighted by Crippen LogP contribution is 2.25. The second kappa shape index (κ2) is 6.76. The summed E-state index contributed by atoms with van der Waals surface area (Å²) < 4.78 is 17.6. The third kappa shape index (κ3) is 3.20. The van der Waals surface area contributed by atoms with Crippen LogP contribution in [0.4, 0.5) is 0 Å². The monoisotopic (exact) mass is 305 g/mol. The van der Waals surface area contributed by atoms with Gasteiger partial charge in [-0.25, -0.2) is 0 Å². The Kier molecular flexibility index (Phi) is 4.55. The van der Waals surface area contributed by atoms with Crippen LogP contribution in [0, 0.1) is 0 Å². The Morgan fingerprint density at radius 1 is 1.59 bits per heavy atom. The second-order valence-electron chi connectivity index (χ2n) is 5.13. The maximum absolute atomic E-state index is 11.9. The van der Waals surface area contributed by atoms with Gasteiger partial charge in [0.15, 0.2) is 0 Å². The molecule has 1 atom stereocenters. The fraction of sp³-hybridized carbons (Fsp3) is 0.467. The van der Waals surface area contributed by atoms with Crippen molar-refractivity contribution >= 4 is 5.91 Å². The minimum atomic E-state index is -0.219. The van der Waals surface area contributed by atoms with Gasteiger partial charge in [-0.3, -0.25) is 9.48 Å². The van der Waals surface area contributed by atoms with Crippen LogP contribution in [0.3, 0.4) is 0 Å². The zero-order valence-corrected chi connectivity index (χ0v) is 12.4. The predicted octanol–water partition coefficient (Wildman–Crippen LogP) is 1.17. The molecule has 0 fully saturated rings. The van der Waals surface area contributed by atoms with E-state index < -0.39 is 0 Å². The van der Waals surface area contributed by atoms with E-state index in [0.29, 0.717) is 31.9 Å². The molecule has 0 aliphatic carbocycles. The summed E-state index contributed by atoms with van der Waals surface area (Å²) in [6.07, 6.45) is 5.54. The average molecular weight is 305 g/mol. The lowest BCUT2D eigenvalue weighted by Gasteiger charge is -2.22. The van der Waals surface area contributed by atoms with Crippen molar-refractivity contribution in [2.75, 3.05) is 26.9 Å². The smallest absolute Gasteiger partial charge is 0.254 e. The molecule has 0 unspecified atom stereocenters. The molecule has 1 aliphatic heterocycles. The number of furan rings is 1. The van der Waals surface area contributed by atoms with Crippen molar-refractivity contribution < 1.29 is 18.7 Å². The molecule has 2 aromatic rings. The van der Waals surface area contributed by atoms with Gasteiger partial charge in [-0.15, -0.1) is 0 Å². The number of hydrogen-bond acceptors (Lipinski definition) is 5. The normalized spacial score (nSPS) is 17.2. The summed E-state index contributed by atoms with van der Waals surface area (Å²) in [6, 6.07) is 1.63. The van der Waals surface area contributed by atoms with Crippen LogP contribution >= 0.6 is 0 Å². The third-order valence-electron chi connectivity index (χ3n) is 3.62. The molecule has 1 N–H and O–H groups in total. The van der Waals surface area contributed by atoms with Crippen molar-refractivity contribution in [1.82, 2.24) is 15.1 Å². The number of fused-ring (bicyclic) bond motifs is 1. The van der Waals surface area contributed by atoms with Crippen molar-refractivity contribution in [3.63, 3.8) is 0 Å². The second-order valence-corrected chi connectivity index (χ2v) is 5.13. The molecule has 0 radical (unpaired) electrons. The van der Waals surface area contributed by atoms with Crippen molar-refractivity contribution in [3.8, 4) is 0 Å². The Balaban J connectivity index is 1.64. The first kappa shape index (κ1) is 14.8. The fourth-order valence-corrected chi connectivity index (χ4v) is 2.47. The highest BCUT2D eigenvalue weighted by atomic mass is 16.5. The van der Waals surface area contributed by atoms with Crippen LogP contribution in [0.5, 0.6) is 0 Å². The number of amides is 1. The third-order valence-corrected chi connectivity index (χ3v) is 3.62. The number of methoxy groups -OCH3 is 1. The highest BCUT2D eigenvalue weighted by Gasteiger charge is 2.25. The van der Waals surface area contributed by atoms with Crippen molar-refractivity contribution in [3.05, 3.63) is 41.6 Å². The van der Waals surface area contributed by atoms with Gasteiger partial charge in [0.1, 0.15) is 12.4 Å². The van der Waals surface area contributed by atoms with E-state index in [1.165, 1.54) is 18.1 Å². The molecule has 118 valence electrons. The molecule has 2 aromatic heterocycles. The van der Waals surface area contributed by atoms with E-state index in [1.54, 1.807) is 13.2 Å². The van der Waals surface area contributed by atoms with Gasteiger partial charge in [0.25, 0.3) is 5.91 Å². The largest absolute Gasteiger partial charge is 0.472 e. The summed E-state index contributed by atoms with van der Waals surface area (Å²) in [6.45, 7) is 2.34. The number of carbonyl (C=O) groups is 1. The van der Waals surface area contributed by atoms with Gasteiger partial charge in [-0.2, -0.15) is 5.10 Å². The number of aromatic nitrogens is 2. The Morgan fingerprint density at radius 2 is 2.50 bits per heavy atom. The van der Waals surface area contributed by atoms with Crippen LogP contribution in [0.25, 0.3) is 0 Å². The zero-order valence-electron chi connectivity index (χ0n) is 12.4. The first-order valence-electron chi connectivity index (χ1n) is 7.25. The summed E-state index contributed by atoms with van der Waals surface area (Å²) in [5, 5.41) is 7.40. The lowest BCUT2D eigenvalue weighted by Crippen LogP contribution is -2.31. The summed E-state index contributed by atoms with van der Waals surface area (Å²) in [5.74, 6) is -0.178. The molecule has 0 aromatic carbocycles. The van der Waals surface area contributed by atoms with Gasteiger partial charge in [0.05, 0.1) is 37.3 Å². The van der Waals surface area contributed by atoms with Crippen LogP contribution in [-0.4, -0.2) is 42.6 Å². The van der Waals surface area contributed by atoms with Crippen LogP contribution < -0.4 is 5.32 Å². The van der Waals surface area contributed by atoms with E-state index in [2.05, 4.69) is 10.4 Å². The van der Waals surface area contributed by atoms with Crippen molar-refractivity contribution in [2.24, 2.45) is 0 Å². The summed E-state index contributed by atoms with van der Waals surface area (Å²) >= 11 is 0. The number of hydrogen-bond donors (Lipinski definition) is 1. The Hall–Kier alpha value is -2.12. The van der Waals surface area contributed by atoms with Gasteiger partial charge in [0, 0.05) is 19.9 Å². The van der Waals surface area contributed by atoms with E-state index in [0.717, 1.165) is 12.1 Å². The summed E-state index contributed by atoms with van der Waals surface area (Å²) in [4.78, 5) is 11.9. The molecule has 1 amide bonds. The van der Waals surface area contributed by atoms with E-state index in [4.69, 9.17) is 13.9 Å². The predicted molar refractivity (Wildman–Crippen MR) is 77.5 cm³/mol. The SMILES string of the molecule is COCCn1cc2c(n1)[C@@H](CNC(=O)c1ccoc1)OCC2. The van der Waals surface area contributed by atoms with Gasteiger partial charge in [-0.05, 0) is 18.1 Å². The molecule has 7 nitrogen and oxygen atoms in total. The van der Waals surface area contributed by atoms with Crippen molar-refractivity contribution in [1.29, 1.82) is 0 Å². The fourth-order valence-electron chi connectivity index (χ4n) is 2.47. The van der Waals surface area contributed by atoms with Crippen LogP contribution in [0.2, 0.25) is 0 Å². The Morgan fingerprint density at radius 3 is 3.27 bits per heavy atom. The van der Waals surface area contributed by atoms with E-state index in [-0.39, 0.29) is 12.0 Å². The number of nitrogens with one attached hydrogen (secondary N) is 1. The molecule has 22 heavy (non-hydrogen) atoms. The minimum absolute atomic E-state index is 0.178. The molecule has 7 heteroatoms. The van der Waals surface area contributed by atoms with Gasteiger partial charge >= 0.3 is 0 Å². The first-order valence-corrected chi connectivity index (χ1v) is 7.25. The average Bonchev–Trinajstić information content (AvgIpc) is 3.19. The molecular weight excluding hydrogens is 286 g/mol. The Bertz CT molecular complexity index is 621. The summed E-state index contributed by atoms with van der Waals surface area (Å²) in [5.41, 5.74) is 2.57.